The van der Waals surface area contributed by atoms with Gasteiger partial charge in [-0.1, -0.05) is 61.2 Å². The molecule has 0 bridgehead atoms. The number of nitrogens with one attached hydrogen (secondary N) is 1. The number of benzene rings is 2. The van der Waals surface area contributed by atoms with Gasteiger partial charge in [0, 0.05) is 47.5 Å². The van der Waals surface area contributed by atoms with Crippen LogP contribution in [0, 0.1) is 5.92 Å². The highest BCUT2D eigenvalue weighted by atomic mass is 35.5. The third-order valence-corrected chi connectivity index (χ3v) is 7.61. The Morgan fingerprint density at radius 3 is 2.61 bits per heavy atom. The van der Waals surface area contributed by atoms with Gasteiger partial charge in [-0.25, -0.2) is 4.79 Å². The second kappa shape index (κ2) is 9.76. The van der Waals surface area contributed by atoms with E-state index in [1.807, 2.05) is 41.3 Å². The second-order valence-corrected chi connectivity index (χ2v) is 10.1. The van der Waals surface area contributed by atoms with E-state index in [0.717, 1.165) is 41.2 Å². The van der Waals surface area contributed by atoms with Gasteiger partial charge in [-0.15, -0.1) is 0 Å². The van der Waals surface area contributed by atoms with Crippen molar-refractivity contribution in [1.29, 1.82) is 0 Å². The molecule has 1 spiro atoms. The van der Waals surface area contributed by atoms with Crippen LogP contribution in [0.15, 0.2) is 53.5 Å². The first-order chi connectivity index (χ1) is 16.1. The minimum atomic E-state index is -0.234. The molecule has 1 N–H and O–H groups in total. The summed E-state index contributed by atoms with van der Waals surface area (Å²) in [6.07, 6.45) is 7.66. The summed E-state index contributed by atoms with van der Waals surface area (Å²) in [7, 11) is 0. The Bertz CT molecular complexity index is 1010. The van der Waals surface area contributed by atoms with Crippen molar-refractivity contribution in [2.75, 3.05) is 25.0 Å². The lowest BCUT2D eigenvalue weighted by Crippen LogP contribution is -2.49. The molecule has 0 aromatic heterocycles. The van der Waals surface area contributed by atoms with E-state index in [1.54, 1.807) is 0 Å². The summed E-state index contributed by atoms with van der Waals surface area (Å²) in [6, 6.07) is 15.9. The molecule has 2 aliphatic heterocycles. The van der Waals surface area contributed by atoms with Gasteiger partial charge >= 0.3 is 6.09 Å². The Balaban J connectivity index is 1.31. The van der Waals surface area contributed by atoms with Gasteiger partial charge in [0.15, 0.2) is 0 Å². The van der Waals surface area contributed by atoms with E-state index in [-0.39, 0.29) is 11.6 Å². The lowest BCUT2D eigenvalue weighted by Gasteiger charge is -2.39. The van der Waals surface area contributed by atoms with Crippen LogP contribution in [-0.2, 0) is 11.3 Å². The molecule has 2 fully saturated rings. The van der Waals surface area contributed by atoms with Gasteiger partial charge in [-0.2, -0.15) is 0 Å². The molecule has 2 heterocycles. The number of amides is 1. The summed E-state index contributed by atoms with van der Waals surface area (Å²) in [5, 5.41) is 4.42. The molecular formula is C27H32ClN3O2. The number of hydrogen-bond donors (Lipinski definition) is 1. The first-order valence-electron chi connectivity index (χ1n) is 12.2. The number of aliphatic imine (C=N–C) groups is 1. The molecule has 33 heavy (non-hydrogen) atoms. The molecule has 2 aromatic rings. The topological polar surface area (TPSA) is 53.9 Å². The van der Waals surface area contributed by atoms with Crippen LogP contribution >= 0.6 is 11.6 Å². The zero-order valence-corrected chi connectivity index (χ0v) is 19.8. The summed E-state index contributed by atoms with van der Waals surface area (Å²) in [5.74, 6) is 0.488. The van der Waals surface area contributed by atoms with Crippen LogP contribution in [0.3, 0.4) is 0 Å². The molecule has 1 amide bonds. The Kier molecular flexibility index (Phi) is 6.59. The fourth-order valence-electron chi connectivity index (χ4n) is 5.39. The third-order valence-electron chi connectivity index (χ3n) is 7.37. The van der Waals surface area contributed by atoms with E-state index >= 15 is 0 Å². The summed E-state index contributed by atoms with van der Waals surface area (Å²) in [6.45, 7) is 2.41. The van der Waals surface area contributed by atoms with Crippen molar-refractivity contribution in [2.45, 2.75) is 57.1 Å². The molecule has 0 unspecified atom stereocenters. The van der Waals surface area contributed by atoms with Gasteiger partial charge in [-0.3, -0.25) is 4.99 Å². The zero-order chi connectivity index (χ0) is 22.7. The molecule has 174 valence electrons. The van der Waals surface area contributed by atoms with Crippen LogP contribution in [-0.4, -0.2) is 41.9 Å². The Hall–Kier alpha value is -2.53. The van der Waals surface area contributed by atoms with Crippen LogP contribution in [0.25, 0.3) is 0 Å². The van der Waals surface area contributed by atoms with Crippen molar-refractivity contribution in [1.82, 2.24) is 4.90 Å². The highest BCUT2D eigenvalue weighted by Gasteiger charge is 2.39. The maximum Gasteiger partial charge on any atom is 0.410 e. The summed E-state index contributed by atoms with van der Waals surface area (Å²) < 4.78 is 5.57. The van der Waals surface area contributed by atoms with Crippen LogP contribution in [0.4, 0.5) is 10.5 Å². The number of anilines is 1. The first-order valence-corrected chi connectivity index (χ1v) is 12.6. The number of nitrogens with zero attached hydrogens (tertiary/aromatic N) is 2. The number of fused-ring (bicyclic) bond motifs is 1. The molecule has 5 nitrogen and oxygen atoms in total. The fourth-order valence-corrected chi connectivity index (χ4v) is 5.56. The average Bonchev–Trinajstić information content (AvgIpc) is 3.01. The lowest BCUT2D eigenvalue weighted by atomic mass is 9.82. The number of piperidine rings is 1. The quantitative estimate of drug-likeness (QED) is 0.578. The van der Waals surface area contributed by atoms with E-state index in [1.165, 1.54) is 37.8 Å². The first kappa shape index (κ1) is 22.3. The number of hydrogen-bond acceptors (Lipinski definition) is 4. The highest BCUT2D eigenvalue weighted by Crippen LogP contribution is 2.38. The Morgan fingerprint density at radius 2 is 1.85 bits per heavy atom. The third kappa shape index (κ3) is 5.03. The van der Waals surface area contributed by atoms with Crippen molar-refractivity contribution in [3.63, 3.8) is 0 Å². The summed E-state index contributed by atoms with van der Waals surface area (Å²) in [5.41, 5.74) is 4.32. The van der Waals surface area contributed by atoms with E-state index in [4.69, 9.17) is 21.3 Å². The molecule has 0 radical (unpaired) electrons. The molecule has 6 heteroatoms. The minimum absolute atomic E-state index is 0.200. The van der Waals surface area contributed by atoms with Crippen LogP contribution in [0.2, 0.25) is 5.02 Å². The molecule has 1 aliphatic carbocycles. The Labute approximate surface area is 201 Å². The number of rotatable bonds is 3. The van der Waals surface area contributed by atoms with Gasteiger partial charge in [0.05, 0.1) is 5.54 Å². The zero-order valence-electron chi connectivity index (χ0n) is 19.1. The molecule has 1 saturated heterocycles. The number of likely N-dealkylation sites (tertiary alicyclic amines) is 1. The summed E-state index contributed by atoms with van der Waals surface area (Å²) in [4.78, 5) is 20.0. The maximum atomic E-state index is 12.7. The minimum Gasteiger partial charge on any atom is -0.445 e. The van der Waals surface area contributed by atoms with Crippen molar-refractivity contribution < 1.29 is 9.53 Å². The average molecular weight is 466 g/mol. The van der Waals surface area contributed by atoms with E-state index in [9.17, 15) is 4.79 Å². The van der Waals surface area contributed by atoms with Crippen molar-refractivity contribution in [2.24, 2.45) is 10.9 Å². The SMILES string of the molecule is O=C(OCc1ccccc1)N1CCC2(CC1)CNc1ccc(Cl)cc1C(C1CCCCC1)=N2. The predicted octanol–water partition coefficient (Wildman–Crippen LogP) is 6.31. The lowest BCUT2D eigenvalue weighted by molar-refractivity contribution is 0.0798. The number of halogens is 1. The van der Waals surface area contributed by atoms with Crippen LogP contribution in [0.5, 0.6) is 0 Å². The number of ether oxygens (including phenoxy) is 1. The van der Waals surface area contributed by atoms with E-state index < -0.39 is 0 Å². The Morgan fingerprint density at radius 1 is 1.09 bits per heavy atom. The van der Waals surface area contributed by atoms with Gasteiger partial charge < -0.3 is 15.0 Å². The van der Waals surface area contributed by atoms with Crippen molar-refractivity contribution in [3.05, 3.63) is 64.7 Å². The van der Waals surface area contributed by atoms with E-state index in [0.29, 0.717) is 25.6 Å². The highest BCUT2D eigenvalue weighted by molar-refractivity contribution is 6.31. The number of carbonyl (C=O) groups excluding carboxylic acids is 1. The van der Waals surface area contributed by atoms with Crippen molar-refractivity contribution in [3.8, 4) is 0 Å². The monoisotopic (exact) mass is 465 g/mol. The van der Waals surface area contributed by atoms with E-state index in [2.05, 4.69) is 17.4 Å². The smallest absolute Gasteiger partial charge is 0.410 e. The van der Waals surface area contributed by atoms with Gasteiger partial charge in [0.2, 0.25) is 0 Å². The normalized spacial score (nSPS) is 20.4. The standard InChI is InChI=1S/C27H32ClN3O2/c28-22-11-12-24-23(17-22)25(21-9-5-2-6-10-21)30-27(19-29-24)13-15-31(16-14-27)26(32)33-18-20-7-3-1-4-8-20/h1,3-4,7-8,11-12,17,21,29H,2,5-6,9-10,13-16,18-19H2. The van der Waals surface area contributed by atoms with Gasteiger partial charge in [-0.05, 0) is 49.4 Å². The molecule has 0 atom stereocenters. The second-order valence-electron chi connectivity index (χ2n) is 9.63. The van der Waals surface area contributed by atoms with Crippen LogP contribution in [0.1, 0.15) is 56.1 Å². The predicted molar refractivity (Wildman–Crippen MR) is 133 cm³/mol. The molecule has 2 aromatic carbocycles. The molecule has 3 aliphatic rings. The maximum absolute atomic E-state index is 12.7. The summed E-state index contributed by atoms with van der Waals surface area (Å²) >= 11 is 6.40. The van der Waals surface area contributed by atoms with Crippen LogP contribution < -0.4 is 5.32 Å². The fraction of sp³-hybridized carbons (Fsp3) is 0.481. The number of carbonyl (C=O) groups is 1. The largest absolute Gasteiger partial charge is 0.445 e. The van der Waals surface area contributed by atoms with Gasteiger partial charge in [0.1, 0.15) is 6.61 Å². The van der Waals surface area contributed by atoms with Gasteiger partial charge in [0.25, 0.3) is 0 Å². The molecule has 1 saturated carbocycles. The molecule has 5 rings (SSSR count). The van der Waals surface area contributed by atoms with Crippen molar-refractivity contribution >= 4 is 29.1 Å². The molecular weight excluding hydrogens is 434 g/mol.